The minimum absolute atomic E-state index is 0.176. The molecule has 0 radical (unpaired) electrons. The summed E-state index contributed by atoms with van der Waals surface area (Å²) in [4.78, 5) is 24.8. The van der Waals surface area contributed by atoms with E-state index in [1.165, 1.54) is 7.11 Å². The van der Waals surface area contributed by atoms with E-state index in [9.17, 15) is 14.7 Å². The zero-order valence-electron chi connectivity index (χ0n) is 11.9. The first kappa shape index (κ1) is 16.1. The van der Waals surface area contributed by atoms with Crippen LogP contribution in [0.3, 0.4) is 0 Å². The molecule has 0 aliphatic carbocycles. The van der Waals surface area contributed by atoms with Crippen molar-refractivity contribution in [2.24, 2.45) is 0 Å². The molecule has 0 fully saturated rings. The van der Waals surface area contributed by atoms with Crippen molar-refractivity contribution in [2.75, 3.05) is 27.7 Å². The fourth-order valence-corrected chi connectivity index (χ4v) is 1.64. The highest BCUT2D eigenvalue weighted by atomic mass is 16.5. The second-order valence-electron chi connectivity index (χ2n) is 4.68. The Morgan fingerprint density at radius 3 is 2.40 bits per heavy atom. The van der Waals surface area contributed by atoms with Crippen LogP contribution in [0.15, 0.2) is 24.3 Å². The van der Waals surface area contributed by atoms with E-state index in [1.54, 1.807) is 12.1 Å². The first-order valence-corrected chi connectivity index (χ1v) is 6.21. The van der Waals surface area contributed by atoms with Crippen LogP contribution in [0.1, 0.15) is 15.9 Å². The summed E-state index contributed by atoms with van der Waals surface area (Å²) >= 11 is 0. The van der Waals surface area contributed by atoms with Crippen LogP contribution in [0.2, 0.25) is 0 Å². The van der Waals surface area contributed by atoms with Crippen LogP contribution in [-0.2, 0) is 16.1 Å². The molecule has 0 aliphatic heterocycles. The number of carbonyl (C=O) groups excluding carboxylic acids is 2. The Hall–Kier alpha value is -1.92. The van der Waals surface area contributed by atoms with Gasteiger partial charge in [-0.05, 0) is 31.8 Å². The third-order valence-electron chi connectivity index (χ3n) is 2.64. The molecule has 0 spiro atoms. The number of aliphatic hydroxyl groups excluding tert-OH is 1. The molecular weight excluding hydrogens is 260 g/mol. The number of esters is 1. The molecule has 110 valence electrons. The number of methoxy groups -OCH3 is 1. The van der Waals surface area contributed by atoms with Crippen LogP contribution in [0.25, 0.3) is 0 Å². The summed E-state index contributed by atoms with van der Waals surface area (Å²) in [5.41, 5.74) is 1.57. The topological polar surface area (TPSA) is 78.9 Å². The van der Waals surface area contributed by atoms with Crippen molar-refractivity contribution in [1.29, 1.82) is 0 Å². The molecule has 1 rings (SSSR count). The van der Waals surface area contributed by atoms with Gasteiger partial charge in [-0.25, -0.2) is 4.79 Å². The van der Waals surface area contributed by atoms with Crippen molar-refractivity contribution in [2.45, 2.75) is 12.6 Å². The normalized spacial score (nSPS) is 12.1. The maximum absolute atomic E-state index is 11.8. The van der Waals surface area contributed by atoms with Crippen molar-refractivity contribution >= 4 is 11.9 Å². The van der Waals surface area contributed by atoms with Gasteiger partial charge in [-0.15, -0.1) is 0 Å². The van der Waals surface area contributed by atoms with E-state index in [2.05, 4.69) is 10.1 Å². The molecule has 1 atom stereocenters. The number of aliphatic hydroxyl groups is 1. The predicted molar refractivity (Wildman–Crippen MR) is 74.2 cm³/mol. The van der Waals surface area contributed by atoms with E-state index < -0.39 is 12.1 Å². The monoisotopic (exact) mass is 280 g/mol. The van der Waals surface area contributed by atoms with E-state index in [1.807, 2.05) is 31.1 Å². The lowest BCUT2D eigenvalue weighted by Crippen LogP contribution is -2.37. The molecule has 0 bridgehead atoms. The summed E-state index contributed by atoms with van der Waals surface area (Å²) in [6.07, 6.45) is -1.35. The molecule has 0 aromatic heterocycles. The predicted octanol–water partition coefficient (Wildman–Crippen LogP) is 0.0119. The first-order valence-electron chi connectivity index (χ1n) is 6.21. The van der Waals surface area contributed by atoms with E-state index in [-0.39, 0.29) is 12.5 Å². The van der Waals surface area contributed by atoms with Crippen molar-refractivity contribution in [3.8, 4) is 0 Å². The van der Waals surface area contributed by atoms with E-state index in [4.69, 9.17) is 0 Å². The summed E-state index contributed by atoms with van der Waals surface area (Å²) in [7, 11) is 5.11. The maximum atomic E-state index is 11.8. The number of nitrogens with zero attached hydrogens (tertiary/aromatic N) is 1. The van der Waals surface area contributed by atoms with Crippen molar-refractivity contribution < 1.29 is 19.4 Å². The maximum Gasteiger partial charge on any atom is 0.336 e. The zero-order valence-corrected chi connectivity index (χ0v) is 11.9. The van der Waals surface area contributed by atoms with Crippen LogP contribution in [-0.4, -0.2) is 55.7 Å². The van der Waals surface area contributed by atoms with Gasteiger partial charge < -0.3 is 20.1 Å². The molecule has 0 aliphatic rings. The standard InChI is InChI=1S/C14H20N2O4/c1-16(2)9-10-4-6-11(7-5-10)13(18)15-8-12(17)14(19)20-3/h4-7,12,17H,8-9H2,1-3H3,(H,15,18). The highest BCUT2D eigenvalue weighted by molar-refractivity contribution is 5.94. The second-order valence-corrected chi connectivity index (χ2v) is 4.68. The van der Waals surface area contributed by atoms with Gasteiger partial charge in [0.05, 0.1) is 13.7 Å². The smallest absolute Gasteiger partial charge is 0.336 e. The van der Waals surface area contributed by atoms with Crippen LogP contribution in [0.5, 0.6) is 0 Å². The van der Waals surface area contributed by atoms with E-state index >= 15 is 0 Å². The van der Waals surface area contributed by atoms with Gasteiger partial charge in [0, 0.05) is 12.1 Å². The second kappa shape index (κ2) is 7.62. The lowest BCUT2D eigenvalue weighted by atomic mass is 10.1. The molecule has 2 N–H and O–H groups in total. The first-order chi connectivity index (χ1) is 9.43. The number of nitrogens with one attached hydrogen (secondary N) is 1. The van der Waals surface area contributed by atoms with Gasteiger partial charge in [0.15, 0.2) is 6.10 Å². The molecule has 0 saturated carbocycles. The minimum atomic E-state index is -1.35. The Morgan fingerprint density at radius 1 is 1.30 bits per heavy atom. The van der Waals surface area contributed by atoms with Gasteiger partial charge in [0.1, 0.15) is 0 Å². The Balaban J connectivity index is 2.53. The van der Waals surface area contributed by atoms with Crippen molar-refractivity contribution in [1.82, 2.24) is 10.2 Å². The summed E-state index contributed by atoms with van der Waals surface area (Å²) in [6, 6.07) is 7.15. The molecule has 6 heteroatoms. The fraction of sp³-hybridized carbons (Fsp3) is 0.429. The van der Waals surface area contributed by atoms with Gasteiger partial charge in [-0.2, -0.15) is 0 Å². The lowest BCUT2D eigenvalue weighted by molar-refractivity contribution is -0.149. The van der Waals surface area contributed by atoms with Gasteiger partial charge in [-0.1, -0.05) is 12.1 Å². The van der Waals surface area contributed by atoms with Crippen LogP contribution in [0, 0.1) is 0 Å². The number of hydrogen-bond acceptors (Lipinski definition) is 5. The van der Waals surface area contributed by atoms with Crippen LogP contribution < -0.4 is 5.32 Å². The Bertz CT molecular complexity index is 457. The zero-order chi connectivity index (χ0) is 15.1. The number of benzene rings is 1. The number of hydrogen-bond donors (Lipinski definition) is 2. The van der Waals surface area contributed by atoms with Gasteiger partial charge in [0.25, 0.3) is 5.91 Å². The highest BCUT2D eigenvalue weighted by Gasteiger charge is 2.16. The molecule has 0 saturated heterocycles. The Kier molecular flexibility index (Phi) is 6.14. The molecule has 1 unspecified atom stereocenters. The summed E-state index contributed by atoms with van der Waals surface area (Å²) < 4.78 is 4.36. The molecule has 6 nitrogen and oxygen atoms in total. The number of carbonyl (C=O) groups is 2. The largest absolute Gasteiger partial charge is 0.467 e. The molecule has 1 aromatic rings. The van der Waals surface area contributed by atoms with E-state index in [0.717, 1.165) is 12.1 Å². The van der Waals surface area contributed by atoms with Crippen molar-refractivity contribution in [3.05, 3.63) is 35.4 Å². The average molecular weight is 280 g/mol. The fourth-order valence-electron chi connectivity index (χ4n) is 1.64. The minimum Gasteiger partial charge on any atom is -0.467 e. The summed E-state index contributed by atoms with van der Waals surface area (Å²) in [5, 5.41) is 11.8. The number of ether oxygens (including phenoxy) is 1. The highest BCUT2D eigenvalue weighted by Crippen LogP contribution is 2.06. The quantitative estimate of drug-likeness (QED) is 0.718. The Labute approximate surface area is 118 Å². The SMILES string of the molecule is COC(=O)C(O)CNC(=O)c1ccc(CN(C)C)cc1. The molecule has 1 aromatic carbocycles. The van der Waals surface area contributed by atoms with Gasteiger partial charge >= 0.3 is 5.97 Å². The Morgan fingerprint density at radius 2 is 1.90 bits per heavy atom. The van der Waals surface area contributed by atoms with Crippen LogP contribution in [0.4, 0.5) is 0 Å². The molecule has 0 heterocycles. The van der Waals surface area contributed by atoms with Gasteiger partial charge in [-0.3, -0.25) is 4.79 Å². The third kappa shape index (κ3) is 4.99. The summed E-state index contributed by atoms with van der Waals surface area (Å²) in [5.74, 6) is -1.11. The third-order valence-corrected chi connectivity index (χ3v) is 2.64. The molecular formula is C14H20N2O4. The van der Waals surface area contributed by atoms with E-state index in [0.29, 0.717) is 5.56 Å². The van der Waals surface area contributed by atoms with Crippen LogP contribution >= 0.6 is 0 Å². The summed E-state index contributed by atoms with van der Waals surface area (Å²) in [6.45, 7) is 0.619. The molecule has 20 heavy (non-hydrogen) atoms. The van der Waals surface area contributed by atoms with Crippen molar-refractivity contribution in [3.63, 3.8) is 0 Å². The lowest BCUT2D eigenvalue weighted by Gasteiger charge is -2.11. The number of rotatable bonds is 6. The number of amides is 1. The average Bonchev–Trinajstić information content (AvgIpc) is 2.43. The molecule has 1 amide bonds. The van der Waals surface area contributed by atoms with Gasteiger partial charge in [0.2, 0.25) is 0 Å².